The smallest absolute Gasteiger partial charge is 0.219 e. The van der Waals surface area contributed by atoms with E-state index < -0.39 is 0 Å². The molecule has 0 radical (unpaired) electrons. The van der Waals surface area contributed by atoms with Gasteiger partial charge >= 0.3 is 0 Å². The summed E-state index contributed by atoms with van der Waals surface area (Å²) >= 11 is 0. The zero-order chi connectivity index (χ0) is 12.1. The Labute approximate surface area is 113 Å². The highest BCUT2D eigenvalue weighted by atomic mass is 35.5. The lowest BCUT2D eigenvalue weighted by molar-refractivity contribution is -0.121. The molecule has 1 N–H and O–H groups in total. The van der Waals surface area contributed by atoms with Crippen molar-refractivity contribution in [3.8, 4) is 0 Å². The van der Waals surface area contributed by atoms with Crippen LogP contribution in [0.25, 0.3) is 0 Å². The highest BCUT2D eigenvalue weighted by molar-refractivity contribution is 5.85. The van der Waals surface area contributed by atoms with Crippen LogP contribution in [0.15, 0.2) is 0 Å². The molecular weight excluding hydrogens is 234 g/mol. The topological polar surface area (TPSA) is 29.1 Å². The molecular formula is C14H30ClNO. The predicted octanol–water partition coefficient (Wildman–Crippen LogP) is 4.47. The number of carbonyl (C=O) groups is 1. The van der Waals surface area contributed by atoms with Gasteiger partial charge in [-0.3, -0.25) is 4.79 Å². The van der Waals surface area contributed by atoms with Gasteiger partial charge < -0.3 is 5.32 Å². The van der Waals surface area contributed by atoms with Crippen LogP contribution in [0.4, 0.5) is 0 Å². The molecule has 0 rings (SSSR count). The number of amides is 1. The second kappa shape index (κ2) is 15.8. The highest BCUT2D eigenvalue weighted by Gasteiger charge is 1.98. The molecule has 0 saturated carbocycles. The second-order valence-electron chi connectivity index (χ2n) is 4.53. The molecule has 0 aliphatic carbocycles. The quantitative estimate of drug-likeness (QED) is 0.548. The molecule has 2 nitrogen and oxygen atoms in total. The van der Waals surface area contributed by atoms with Crippen LogP contribution in [0.5, 0.6) is 0 Å². The lowest BCUT2D eigenvalue weighted by Crippen LogP contribution is -2.21. The molecule has 0 aliphatic heterocycles. The Morgan fingerprint density at radius 3 is 1.76 bits per heavy atom. The summed E-state index contributed by atoms with van der Waals surface area (Å²) in [5.74, 6) is 0.213. The van der Waals surface area contributed by atoms with E-state index in [4.69, 9.17) is 0 Å². The maximum Gasteiger partial charge on any atom is 0.219 e. The van der Waals surface area contributed by atoms with Crippen molar-refractivity contribution in [2.75, 3.05) is 6.54 Å². The van der Waals surface area contributed by atoms with Crippen molar-refractivity contribution in [3.63, 3.8) is 0 Å². The van der Waals surface area contributed by atoms with Crippen molar-refractivity contribution in [1.29, 1.82) is 0 Å². The van der Waals surface area contributed by atoms with Crippen LogP contribution in [0.1, 0.15) is 78.1 Å². The van der Waals surface area contributed by atoms with Gasteiger partial charge in [0.2, 0.25) is 5.91 Å². The lowest BCUT2D eigenvalue weighted by atomic mass is 10.1. The maximum atomic E-state index is 11.1. The van der Waals surface area contributed by atoms with E-state index in [-0.39, 0.29) is 18.3 Å². The Balaban J connectivity index is 0. The highest BCUT2D eigenvalue weighted by Crippen LogP contribution is 2.10. The van der Waals surface area contributed by atoms with Crippen LogP contribution in [-0.4, -0.2) is 12.5 Å². The molecule has 3 heteroatoms. The molecule has 0 aliphatic rings. The summed E-state index contributed by atoms with van der Waals surface area (Å²) in [6.45, 7) is 4.98. The normalized spacial score (nSPS) is 9.76. The third-order valence-corrected chi connectivity index (χ3v) is 2.88. The summed E-state index contributed by atoms with van der Waals surface area (Å²) in [5.41, 5.74) is 0. The van der Waals surface area contributed by atoms with Gasteiger partial charge in [-0.15, -0.1) is 12.4 Å². The van der Waals surface area contributed by atoms with Crippen molar-refractivity contribution >= 4 is 18.3 Å². The molecule has 104 valence electrons. The number of hydrogen-bond donors (Lipinski definition) is 1. The molecule has 0 heterocycles. The zero-order valence-electron chi connectivity index (χ0n) is 11.6. The fraction of sp³-hybridized carbons (Fsp3) is 0.929. The van der Waals surface area contributed by atoms with Crippen LogP contribution in [0.3, 0.4) is 0 Å². The number of rotatable bonds is 11. The standard InChI is InChI=1S/C14H29NO.ClH/c1-3-5-6-7-8-9-10-11-12-13-14(16)15-4-2;/h3-13H2,1-2H3,(H,15,16);1H. The van der Waals surface area contributed by atoms with Crippen molar-refractivity contribution < 1.29 is 4.79 Å². The third-order valence-electron chi connectivity index (χ3n) is 2.88. The monoisotopic (exact) mass is 263 g/mol. The Bertz CT molecular complexity index is 162. The van der Waals surface area contributed by atoms with E-state index in [2.05, 4.69) is 12.2 Å². The first-order valence-corrected chi connectivity index (χ1v) is 7.08. The molecule has 0 spiro atoms. The molecule has 0 unspecified atom stereocenters. The van der Waals surface area contributed by atoms with Crippen molar-refractivity contribution in [3.05, 3.63) is 0 Å². The first-order chi connectivity index (χ1) is 7.81. The van der Waals surface area contributed by atoms with Gasteiger partial charge in [0.25, 0.3) is 0 Å². The molecule has 1 amide bonds. The number of unbranched alkanes of at least 4 members (excludes halogenated alkanes) is 8. The first kappa shape index (κ1) is 19.1. The summed E-state index contributed by atoms with van der Waals surface area (Å²) in [4.78, 5) is 11.1. The molecule has 0 aromatic heterocycles. The minimum absolute atomic E-state index is 0. The summed E-state index contributed by atoms with van der Waals surface area (Å²) in [5, 5.41) is 2.83. The molecule has 0 aromatic rings. The van der Waals surface area contributed by atoms with Gasteiger partial charge in [0, 0.05) is 13.0 Å². The van der Waals surface area contributed by atoms with Crippen LogP contribution in [0, 0.1) is 0 Å². The van der Waals surface area contributed by atoms with Gasteiger partial charge in [0.15, 0.2) is 0 Å². The summed E-state index contributed by atoms with van der Waals surface area (Å²) in [7, 11) is 0. The van der Waals surface area contributed by atoms with Crippen LogP contribution in [-0.2, 0) is 4.79 Å². The number of carbonyl (C=O) groups excluding carboxylic acids is 1. The number of nitrogens with one attached hydrogen (secondary N) is 1. The lowest BCUT2D eigenvalue weighted by Gasteiger charge is -2.02. The Hall–Kier alpha value is -0.240. The molecule has 0 fully saturated rings. The van der Waals surface area contributed by atoms with E-state index in [1.54, 1.807) is 0 Å². The third kappa shape index (κ3) is 15.8. The van der Waals surface area contributed by atoms with Gasteiger partial charge in [0.1, 0.15) is 0 Å². The van der Waals surface area contributed by atoms with Crippen LogP contribution < -0.4 is 5.32 Å². The summed E-state index contributed by atoms with van der Waals surface area (Å²) < 4.78 is 0. The Morgan fingerprint density at radius 1 is 0.824 bits per heavy atom. The van der Waals surface area contributed by atoms with E-state index in [9.17, 15) is 4.79 Å². The van der Waals surface area contributed by atoms with Crippen molar-refractivity contribution in [2.24, 2.45) is 0 Å². The Morgan fingerprint density at radius 2 is 1.29 bits per heavy atom. The van der Waals surface area contributed by atoms with Crippen molar-refractivity contribution in [2.45, 2.75) is 78.1 Å². The van der Waals surface area contributed by atoms with E-state index in [0.29, 0.717) is 6.42 Å². The minimum atomic E-state index is 0. The van der Waals surface area contributed by atoms with Gasteiger partial charge in [0.05, 0.1) is 0 Å². The Kier molecular flexibility index (Phi) is 17.7. The number of hydrogen-bond acceptors (Lipinski definition) is 1. The second-order valence-corrected chi connectivity index (χ2v) is 4.53. The van der Waals surface area contributed by atoms with Gasteiger partial charge in [-0.1, -0.05) is 58.3 Å². The van der Waals surface area contributed by atoms with E-state index in [0.717, 1.165) is 13.0 Å². The molecule has 0 bridgehead atoms. The SMILES string of the molecule is CCCCCCCCCCCC(=O)NCC.Cl. The van der Waals surface area contributed by atoms with Crippen molar-refractivity contribution in [1.82, 2.24) is 5.32 Å². The molecule has 17 heavy (non-hydrogen) atoms. The summed E-state index contributed by atoms with van der Waals surface area (Å²) in [6.07, 6.45) is 12.5. The fourth-order valence-electron chi connectivity index (χ4n) is 1.88. The minimum Gasteiger partial charge on any atom is -0.356 e. The van der Waals surface area contributed by atoms with Gasteiger partial charge in [-0.05, 0) is 13.3 Å². The van der Waals surface area contributed by atoms with Crippen LogP contribution in [0.2, 0.25) is 0 Å². The average molecular weight is 264 g/mol. The largest absolute Gasteiger partial charge is 0.356 e. The van der Waals surface area contributed by atoms with E-state index in [1.807, 2.05) is 6.92 Å². The molecule has 0 aromatic carbocycles. The summed E-state index contributed by atoms with van der Waals surface area (Å²) in [6, 6.07) is 0. The van der Waals surface area contributed by atoms with Gasteiger partial charge in [-0.2, -0.15) is 0 Å². The van der Waals surface area contributed by atoms with Crippen LogP contribution >= 0.6 is 12.4 Å². The van der Waals surface area contributed by atoms with E-state index >= 15 is 0 Å². The molecule has 0 atom stereocenters. The number of halogens is 1. The molecule has 0 saturated heterocycles. The van der Waals surface area contributed by atoms with E-state index in [1.165, 1.54) is 51.4 Å². The maximum absolute atomic E-state index is 11.1. The first-order valence-electron chi connectivity index (χ1n) is 7.08. The fourth-order valence-corrected chi connectivity index (χ4v) is 1.88. The zero-order valence-corrected chi connectivity index (χ0v) is 12.4. The average Bonchev–Trinajstić information content (AvgIpc) is 2.27. The predicted molar refractivity (Wildman–Crippen MR) is 77.8 cm³/mol. The van der Waals surface area contributed by atoms with Gasteiger partial charge in [-0.25, -0.2) is 0 Å².